The molecule has 0 saturated carbocycles. The van der Waals surface area contributed by atoms with E-state index < -0.39 is 0 Å². The third-order valence-electron chi connectivity index (χ3n) is 5.05. The zero-order valence-electron chi connectivity index (χ0n) is 15.0. The van der Waals surface area contributed by atoms with Gasteiger partial charge in [0.2, 0.25) is 0 Å². The summed E-state index contributed by atoms with van der Waals surface area (Å²) in [6, 6.07) is 18.2. The molecule has 1 amide bonds. The number of hydrogen-bond donors (Lipinski definition) is 1. The fourth-order valence-electron chi connectivity index (χ4n) is 3.40. The number of benzene rings is 2. The van der Waals surface area contributed by atoms with Gasteiger partial charge in [-0.1, -0.05) is 36.4 Å². The van der Waals surface area contributed by atoms with E-state index in [1.165, 1.54) is 5.56 Å². The Morgan fingerprint density at radius 2 is 1.80 bits per heavy atom. The minimum atomic E-state index is -0.0473. The second-order valence-corrected chi connectivity index (χ2v) is 6.89. The summed E-state index contributed by atoms with van der Waals surface area (Å²) in [7, 11) is 3.95. The summed E-state index contributed by atoms with van der Waals surface area (Å²) < 4.78 is 5.56. The third-order valence-corrected chi connectivity index (χ3v) is 5.05. The van der Waals surface area contributed by atoms with Crippen LogP contribution in [0.5, 0.6) is 0 Å². The molecule has 1 saturated heterocycles. The minimum Gasteiger partial charge on any atom is -0.381 e. The molecule has 1 N–H and O–H groups in total. The van der Waals surface area contributed by atoms with Gasteiger partial charge in [0, 0.05) is 50.5 Å². The minimum absolute atomic E-state index is 0.0227. The van der Waals surface area contributed by atoms with Gasteiger partial charge >= 0.3 is 0 Å². The van der Waals surface area contributed by atoms with E-state index in [4.69, 9.17) is 4.74 Å². The lowest BCUT2D eigenvalue weighted by molar-refractivity contribution is 0.0487. The second kappa shape index (κ2) is 7.70. The third kappa shape index (κ3) is 4.02. The number of nitrogens with one attached hydrogen (secondary N) is 1. The van der Waals surface area contributed by atoms with E-state index >= 15 is 0 Å². The number of rotatable bonds is 5. The molecule has 0 radical (unpaired) electrons. The molecular formula is C21H26N2O2. The van der Waals surface area contributed by atoms with Gasteiger partial charge in [0.1, 0.15) is 0 Å². The number of nitrogens with zero attached hydrogens (tertiary/aromatic N) is 1. The highest BCUT2D eigenvalue weighted by Gasteiger charge is 2.34. The Kier molecular flexibility index (Phi) is 5.39. The molecule has 0 aromatic heterocycles. The first-order chi connectivity index (χ1) is 12.1. The van der Waals surface area contributed by atoms with Crippen LogP contribution in [0, 0.1) is 0 Å². The van der Waals surface area contributed by atoms with Gasteiger partial charge in [0.05, 0.1) is 0 Å². The molecule has 4 heteroatoms. The summed E-state index contributed by atoms with van der Waals surface area (Å²) in [5.41, 5.74) is 2.95. The molecule has 3 rings (SSSR count). The van der Waals surface area contributed by atoms with Crippen LogP contribution in [0.25, 0.3) is 0 Å². The van der Waals surface area contributed by atoms with Crippen LogP contribution in [0.15, 0.2) is 54.6 Å². The molecule has 0 bridgehead atoms. The number of carbonyl (C=O) groups excluding carboxylic acids is 1. The van der Waals surface area contributed by atoms with Crippen LogP contribution in [-0.2, 0) is 10.2 Å². The maximum Gasteiger partial charge on any atom is 0.251 e. The summed E-state index contributed by atoms with van der Waals surface area (Å²) >= 11 is 0. The molecule has 4 nitrogen and oxygen atoms in total. The van der Waals surface area contributed by atoms with Gasteiger partial charge in [-0.3, -0.25) is 4.79 Å². The number of carbonyl (C=O) groups is 1. The lowest BCUT2D eigenvalue weighted by atomic mass is 9.74. The van der Waals surface area contributed by atoms with Crippen molar-refractivity contribution in [3.8, 4) is 0 Å². The van der Waals surface area contributed by atoms with Crippen molar-refractivity contribution in [1.29, 1.82) is 0 Å². The molecule has 1 aliphatic heterocycles. The van der Waals surface area contributed by atoms with Gasteiger partial charge in [0.15, 0.2) is 0 Å². The highest BCUT2D eigenvalue weighted by Crippen LogP contribution is 2.34. The molecule has 1 fully saturated rings. The molecule has 2 aromatic rings. The van der Waals surface area contributed by atoms with Crippen LogP contribution in [0.2, 0.25) is 0 Å². The summed E-state index contributed by atoms with van der Waals surface area (Å²) in [6.45, 7) is 2.10. The Balaban J connectivity index is 1.75. The van der Waals surface area contributed by atoms with Crippen LogP contribution in [-0.4, -0.2) is 39.8 Å². The van der Waals surface area contributed by atoms with Crippen molar-refractivity contribution in [3.63, 3.8) is 0 Å². The van der Waals surface area contributed by atoms with Gasteiger partial charge in [-0.15, -0.1) is 0 Å². The monoisotopic (exact) mass is 338 g/mol. The van der Waals surface area contributed by atoms with E-state index in [2.05, 4.69) is 29.6 Å². The average molecular weight is 338 g/mol. The Morgan fingerprint density at radius 3 is 2.48 bits per heavy atom. The van der Waals surface area contributed by atoms with Crippen LogP contribution >= 0.6 is 0 Å². The van der Waals surface area contributed by atoms with Crippen molar-refractivity contribution in [2.24, 2.45) is 0 Å². The van der Waals surface area contributed by atoms with Gasteiger partial charge in [-0.2, -0.15) is 0 Å². The van der Waals surface area contributed by atoms with Crippen LogP contribution in [0.4, 0.5) is 5.69 Å². The zero-order valence-corrected chi connectivity index (χ0v) is 15.0. The number of ether oxygens (including phenoxy) is 1. The smallest absolute Gasteiger partial charge is 0.251 e. The Bertz CT molecular complexity index is 707. The largest absolute Gasteiger partial charge is 0.381 e. The molecule has 0 spiro atoms. The first-order valence-electron chi connectivity index (χ1n) is 8.80. The molecule has 1 aliphatic rings. The molecular weight excluding hydrogens is 312 g/mol. The zero-order chi connectivity index (χ0) is 17.7. The highest BCUT2D eigenvalue weighted by atomic mass is 16.5. The number of amides is 1. The van der Waals surface area contributed by atoms with Crippen molar-refractivity contribution in [2.75, 3.05) is 38.8 Å². The molecule has 0 atom stereocenters. The standard InChI is InChI=1S/C21H26N2O2/c1-23(2)19-10-6-7-17(15-19)20(24)22-16-21(11-13-25-14-12-21)18-8-4-3-5-9-18/h3-10,15H,11-14,16H2,1-2H3,(H,22,24). The Hall–Kier alpha value is -2.33. The molecule has 0 aliphatic carbocycles. The van der Waals surface area contributed by atoms with Crippen molar-refractivity contribution < 1.29 is 9.53 Å². The van der Waals surface area contributed by atoms with E-state index in [0.29, 0.717) is 12.1 Å². The van der Waals surface area contributed by atoms with E-state index in [-0.39, 0.29) is 11.3 Å². The summed E-state index contributed by atoms with van der Waals surface area (Å²) in [4.78, 5) is 14.7. The SMILES string of the molecule is CN(C)c1cccc(C(=O)NCC2(c3ccccc3)CCOCC2)c1. The van der Waals surface area contributed by atoms with E-state index in [0.717, 1.165) is 31.7 Å². The number of hydrogen-bond acceptors (Lipinski definition) is 3. The lowest BCUT2D eigenvalue weighted by Gasteiger charge is -2.38. The second-order valence-electron chi connectivity index (χ2n) is 6.89. The van der Waals surface area contributed by atoms with Gasteiger partial charge < -0.3 is 15.0 Å². The van der Waals surface area contributed by atoms with E-state index in [1.807, 2.05) is 49.3 Å². The fraction of sp³-hybridized carbons (Fsp3) is 0.381. The maximum absolute atomic E-state index is 12.7. The molecule has 132 valence electrons. The highest BCUT2D eigenvalue weighted by molar-refractivity contribution is 5.95. The van der Waals surface area contributed by atoms with E-state index in [9.17, 15) is 4.79 Å². The Labute approximate surface area is 149 Å². The van der Waals surface area contributed by atoms with Gasteiger partial charge in [0.25, 0.3) is 5.91 Å². The normalized spacial score (nSPS) is 16.2. The molecule has 0 unspecified atom stereocenters. The van der Waals surface area contributed by atoms with Gasteiger partial charge in [-0.05, 0) is 36.6 Å². The van der Waals surface area contributed by atoms with Crippen molar-refractivity contribution in [1.82, 2.24) is 5.32 Å². The first-order valence-corrected chi connectivity index (χ1v) is 8.80. The van der Waals surface area contributed by atoms with Crippen LogP contribution in [0.1, 0.15) is 28.8 Å². The first kappa shape index (κ1) is 17.5. The summed E-state index contributed by atoms with van der Waals surface area (Å²) in [5.74, 6) is -0.0227. The molecule has 25 heavy (non-hydrogen) atoms. The van der Waals surface area contributed by atoms with Crippen LogP contribution < -0.4 is 10.2 Å². The van der Waals surface area contributed by atoms with Gasteiger partial charge in [-0.25, -0.2) is 0 Å². The lowest BCUT2D eigenvalue weighted by Crippen LogP contribution is -2.44. The van der Waals surface area contributed by atoms with Crippen molar-refractivity contribution >= 4 is 11.6 Å². The summed E-state index contributed by atoms with van der Waals surface area (Å²) in [6.07, 6.45) is 1.85. The molecule has 2 aromatic carbocycles. The predicted octanol–water partition coefficient (Wildman–Crippen LogP) is 3.23. The Morgan fingerprint density at radius 1 is 1.08 bits per heavy atom. The van der Waals surface area contributed by atoms with Crippen molar-refractivity contribution in [3.05, 3.63) is 65.7 Å². The van der Waals surface area contributed by atoms with Crippen molar-refractivity contribution in [2.45, 2.75) is 18.3 Å². The quantitative estimate of drug-likeness (QED) is 0.910. The fourth-order valence-corrected chi connectivity index (χ4v) is 3.40. The van der Waals surface area contributed by atoms with E-state index in [1.54, 1.807) is 0 Å². The average Bonchev–Trinajstić information content (AvgIpc) is 2.67. The topological polar surface area (TPSA) is 41.6 Å². The predicted molar refractivity (Wildman–Crippen MR) is 101 cm³/mol. The summed E-state index contributed by atoms with van der Waals surface area (Å²) in [5, 5.41) is 3.16. The van der Waals surface area contributed by atoms with Crippen LogP contribution in [0.3, 0.4) is 0 Å². The molecule has 1 heterocycles. The number of anilines is 1. The maximum atomic E-state index is 12.7.